The van der Waals surface area contributed by atoms with Gasteiger partial charge in [0.15, 0.2) is 11.5 Å². The van der Waals surface area contributed by atoms with E-state index in [9.17, 15) is 33.2 Å². The Labute approximate surface area is 262 Å². The number of halogens is 3. The number of carbonyl (C=O) groups is 1. The molecule has 2 heterocycles. The minimum absolute atomic E-state index is 0.0282. The Morgan fingerprint density at radius 3 is 2.37 bits per heavy atom. The lowest BCUT2D eigenvalue weighted by molar-refractivity contribution is -0.384. The molecule has 4 aromatic rings. The predicted octanol–water partition coefficient (Wildman–Crippen LogP) is 5.92. The summed E-state index contributed by atoms with van der Waals surface area (Å²) < 4.78 is 57.5. The lowest BCUT2D eigenvalue weighted by Crippen LogP contribution is -2.53. The summed E-state index contributed by atoms with van der Waals surface area (Å²) >= 11 is 0. The summed E-state index contributed by atoms with van der Waals surface area (Å²) in [5.74, 6) is -0.0265. The Balaban J connectivity index is 1.36. The first-order chi connectivity index (χ1) is 21.9. The summed E-state index contributed by atoms with van der Waals surface area (Å²) in [4.78, 5) is 23.4. The highest BCUT2D eigenvalue weighted by molar-refractivity contribution is 5.87. The topological polar surface area (TPSA) is 127 Å². The molecule has 1 aromatic heterocycles. The van der Waals surface area contributed by atoms with E-state index >= 15 is 0 Å². The Kier molecular flexibility index (Phi) is 9.54. The van der Waals surface area contributed by atoms with E-state index in [0.717, 1.165) is 17.2 Å². The standard InChI is InChI=1S/C33H34F3N3O7/c1-45-30-17-22(8-12-31(40)41)7-11-29(30)46-25-13-15-37(16-14-25)21-32(42,33(34,35)36)27-20-38(19-23-5-3-2-4-6-23)28-18-24(39(43)44)9-10-26(27)28/h2-7,9-11,17-18,20,25,42H,8,12-16,19,21H2,1H3,(H,40,41). The van der Waals surface area contributed by atoms with Crippen LogP contribution in [-0.4, -0.2) is 69.6 Å². The number of aliphatic hydroxyl groups is 1. The number of benzene rings is 3. The van der Waals surface area contributed by atoms with E-state index in [2.05, 4.69) is 0 Å². The Morgan fingerprint density at radius 2 is 1.74 bits per heavy atom. The van der Waals surface area contributed by atoms with E-state index < -0.39 is 29.2 Å². The summed E-state index contributed by atoms with van der Waals surface area (Å²) in [6.45, 7) is -0.141. The number of fused-ring (bicyclic) bond motifs is 1. The van der Waals surface area contributed by atoms with Crippen molar-refractivity contribution in [3.05, 3.63) is 99.7 Å². The lowest BCUT2D eigenvalue weighted by Gasteiger charge is -2.39. The number of nitro benzene ring substituents is 1. The zero-order valence-electron chi connectivity index (χ0n) is 25.1. The van der Waals surface area contributed by atoms with Crippen LogP contribution < -0.4 is 9.47 Å². The van der Waals surface area contributed by atoms with Gasteiger partial charge in [0.1, 0.15) is 6.10 Å². The van der Waals surface area contributed by atoms with E-state index in [1.165, 1.54) is 30.0 Å². The summed E-state index contributed by atoms with van der Waals surface area (Å²) in [5.41, 5.74) is -2.13. The van der Waals surface area contributed by atoms with Crippen LogP contribution >= 0.6 is 0 Å². The Bertz CT molecular complexity index is 1700. The highest BCUT2D eigenvalue weighted by Crippen LogP contribution is 2.44. The molecule has 1 aliphatic rings. The van der Waals surface area contributed by atoms with Crippen molar-refractivity contribution < 1.29 is 42.6 Å². The van der Waals surface area contributed by atoms with Gasteiger partial charge < -0.3 is 24.3 Å². The van der Waals surface area contributed by atoms with Gasteiger partial charge >= 0.3 is 12.1 Å². The van der Waals surface area contributed by atoms with Crippen molar-refractivity contribution in [2.75, 3.05) is 26.7 Å². The SMILES string of the molecule is COc1cc(CCC(=O)O)ccc1OC1CCN(CC(O)(c2cn(Cc3ccccc3)c3cc([N+](=O)[O-])ccc23)C(F)(F)F)CC1. The van der Waals surface area contributed by atoms with Crippen molar-refractivity contribution in [2.45, 2.75) is 50.1 Å². The van der Waals surface area contributed by atoms with Gasteiger partial charge in [0.05, 0.1) is 17.5 Å². The molecule has 244 valence electrons. The summed E-state index contributed by atoms with van der Waals surface area (Å²) in [6.07, 6.45) is -3.05. The monoisotopic (exact) mass is 641 g/mol. The normalized spacial score (nSPS) is 15.8. The number of rotatable bonds is 12. The van der Waals surface area contributed by atoms with Crippen LogP contribution in [0.15, 0.2) is 72.9 Å². The summed E-state index contributed by atoms with van der Waals surface area (Å²) in [6, 6.07) is 17.8. The van der Waals surface area contributed by atoms with E-state index in [1.54, 1.807) is 53.4 Å². The maximum atomic E-state index is 14.8. The molecule has 1 atom stereocenters. The first kappa shape index (κ1) is 32.8. The van der Waals surface area contributed by atoms with Gasteiger partial charge in [0, 0.05) is 61.9 Å². The summed E-state index contributed by atoms with van der Waals surface area (Å²) in [7, 11) is 1.47. The van der Waals surface area contributed by atoms with E-state index in [4.69, 9.17) is 14.6 Å². The number of aliphatic carboxylic acids is 1. The van der Waals surface area contributed by atoms with Crippen molar-refractivity contribution in [2.24, 2.45) is 0 Å². The molecule has 0 aliphatic carbocycles. The van der Waals surface area contributed by atoms with Crippen molar-refractivity contribution in [3.8, 4) is 11.5 Å². The molecule has 1 unspecified atom stereocenters. The van der Waals surface area contributed by atoms with Crippen molar-refractivity contribution >= 4 is 22.6 Å². The van der Waals surface area contributed by atoms with Gasteiger partial charge in [0.25, 0.3) is 5.69 Å². The largest absolute Gasteiger partial charge is 0.493 e. The van der Waals surface area contributed by atoms with Crippen LogP contribution in [-0.2, 0) is 23.4 Å². The fourth-order valence-electron chi connectivity index (χ4n) is 5.87. The highest BCUT2D eigenvalue weighted by Gasteiger charge is 2.57. The van der Waals surface area contributed by atoms with E-state index in [0.29, 0.717) is 30.8 Å². The number of nitro groups is 1. The molecular formula is C33H34F3N3O7. The third kappa shape index (κ3) is 7.10. The molecule has 3 aromatic carbocycles. The van der Waals surface area contributed by atoms with Gasteiger partial charge in [-0.15, -0.1) is 0 Å². The number of non-ortho nitro benzene ring substituents is 1. The molecule has 2 N–H and O–H groups in total. The predicted molar refractivity (Wildman–Crippen MR) is 163 cm³/mol. The van der Waals surface area contributed by atoms with Gasteiger partial charge in [0.2, 0.25) is 5.60 Å². The number of aryl methyl sites for hydroxylation is 1. The van der Waals surface area contributed by atoms with Crippen LogP contribution in [0.25, 0.3) is 10.9 Å². The molecule has 5 rings (SSSR count). The zero-order chi connectivity index (χ0) is 33.1. The number of β-amino-alcohol motifs (C(OH)–C–C–N with tert-alkyl or cyclic N) is 1. The van der Waals surface area contributed by atoms with Crippen LogP contribution in [0.1, 0.15) is 36.0 Å². The smallest absolute Gasteiger partial charge is 0.422 e. The van der Waals surface area contributed by atoms with Crippen molar-refractivity contribution in [1.29, 1.82) is 0 Å². The van der Waals surface area contributed by atoms with Gasteiger partial charge in [-0.3, -0.25) is 19.8 Å². The molecule has 13 heteroatoms. The average molecular weight is 642 g/mol. The number of alkyl halides is 3. The molecule has 0 bridgehead atoms. The van der Waals surface area contributed by atoms with Gasteiger partial charge in [-0.25, -0.2) is 0 Å². The number of carboxylic acid groups (broad SMARTS) is 1. The number of carboxylic acids is 1. The molecule has 0 spiro atoms. The molecule has 0 saturated carbocycles. The number of ether oxygens (including phenoxy) is 2. The molecule has 1 aliphatic heterocycles. The number of aromatic nitrogens is 1. The second-order valence-electron chi connectivity index (χ2n) is 11.4. The number of nitrogens with zero attached hydrogens (tertiary/aromatic N) is 3. The first-order valence-corrected chi connectivity index (χ1v) is 14.8. The number of hydrogen-bond acceptors (Lipinski definition) is 7. The minimum atomic E-state index is -5.05. The van der Waals surface area contributed by atoms with Gasteiger partial charge in [-0.05, 0) is 48.6 Å². The molecule has 0 radical (unpaired) electrons. The van der Waals surface area contributed by atoms with Gasteiger partial charge in [-0.2, -0.15) is 13.2 Å². The average Bonchev–Trinajstić information content (AvgIpc) is 3.39. The van der Waals surface area contributed by atoms with Crippen LogP contribution in [0.4, 0.5) is 18.9 Å². The maximum Gasteiger partial charge on any atom is 0.422 e. The second kappa shape index (κ2) is 13.4. The first-order valence-electron chi connectivity index (χ1n) is 14.8. The highest BCUT2D eigenvalue weighted by atomic mass is 19.4. The number of piperidine rings is 1. The van der Waals surface area contributed by atoms with E-state index in [1.807, 2.05) is 0 Å². The number of likely N-dealkylation sites (tertiary alicyclic amines) is 1. The van der Waals surface area contributed by atoms with Crippen molar-refractivity contribution in [1.82, 2.24) is 9.47 Å². The molecular weight excluding hydrogens is 607 g/mol. The van der Waals surface area contributed by atoms with E-state index in [-0.39, 0.29) is 54.3 Å². The van der Waals surface area contributed by atoms with Crippen LogP contribution in [0.3, 0.4) is 0 Å². The number of hydrogen-bond donors (Lipinski definition) is 2. The zero-order valence-corrected chi connectivity index (χ0v) is 25.1. The van der Waals surface area contributed by atoms with Crippen LogP contribution in [0.5, 0.6) is 11.5 Å². The number of methoxy groups -OCH3 is 1. The quantitative estimate of drug-likeness (QED) is 0.144. The molecule has 1 fully saturated rings. The molecule has 1 saturated heterocycles. The minimum Gasteiger partial charge on any atom is -0.493 e. The molecule has 10 nitrogen and oxygen atoms in total. The van der Waals surface area contributed by atoms with Gasteiger partial charge in [-0.1, -0.05) is 36.4 Å². The Morgan fingerprint density at radius 1 is 1.02 bits per heavy atom. The fourth-order valence-corrected chi connectivity index (χ4v) is 5.87. The lowest BCUT2D eigenvalue weighted by atomic mass is 9.91. The molecule has 0 amide bonds. The third-order valence-corrected chi connectivity index (χ3v) is 8.32. The maximum absolute atomic E-state index is 14.8. The third-order valence-electron chi connectivity index (χ3n) is 8.32. The van der Waals surface area contributed by atoms with Crippen molar-refractivity contribution in [3.63, 3.8) is 0 Å². The molecule has 46 heavy (non-hydrogen) atoms. The van der Waals surface area contributed by atoms with Crippen LogP contribution in [0.2, 0.25) is 0 Å². The summed E-state index contributed by atoms with van der Waals surface area (Å²) in [5, 5.41) is 32.0. The van der Waals surface area contributed by atoms with Crippen LogP contribution in [0, 0.1) is 10.1 Å². The second-order valence-corrected chi connectivity index (χ2v) is 11.4. The Hall–Kier alpha value is -4.62. The fraction of sp³-hybridized carbons (Fsp3) is 0.364.